The summed E-state index contributed by atoms with van der Waals surface area (Å²) in [6, 6.07) is 11.8. The molecular formula is C20H24N6O2. The Bertz CT molecular complexity index is 945. The number of rotatable bonds is 8. The molecule has 0 atom stereocenters. The van der Waals surface area contributed by atoms with Crippen LogP contribution in [0, 0.1) is 0 Å². The van der Waals surface area contributed by atoms with Crippen molar-refractivity contribution in [2.45, 2.75) is 38.6 Å². The van der Waals surface area contributed by atoms with Crippen molar-refractivity contribution >= 4 is 11.7 Å². The van der Waals surface area contributed by atoms with Gasteiger partial charge in [-0.15, -0.1) is 0 Å². The first-order chi connectivity index (χ1) is 13.6. The number of carbonyl (C=O) groups is 1. The number of amides is 1. The summed E-state index contributed by atoms with van der Waals surface area (Å²) >= 11 is 0. The van der Waals surface area contributed by atoms with Crippen LogP contribution in [0.25, 0.3) is 5.69 Å². The van der Waals surface area contributed by atoms with Crippen LogP contribution in [0.2, 0.25) is 0 Å². The predicted molar refractivity (Wildman–Crippen MR) is 104 cm³/mol. The van der Waals surface area contributed by atoms with Crippen LogP contribution in [-0.2, 0) is 17.8 Å². The molecule has 2 heterocycles. The van der Waals surface area contributed by atoms with Crippen LogP contribution in [0.5, 0.6) is 0 Å². The van der Waals surface area contributed by atoms with Gasteiger partial charge in [0.25, 0.3) is 0 Å². The van der Waals surface area contributed by atoms with Crippen molar-refractivity contribution in [3.05, 3.63) is 53.8 Å². The minimum absolute atomic E-state index is 0.114. The smallest absolute Gasteiger partial charge is 0.240 e. The van der Waals surface area contributed by atoms with Gasteiger partial charge in [0.2, 0.25) is 11.8 Å². The standard InChI is InChI=1S/C20H24N6O2/c1-3-17-21-20(28-24-17)13-25(2)12-19(27)22-18-11-16(14-9-10-14)23-26(18)15-7-5-4-6-8-15/h4-8,11,14H,3,9-10,12-13H2,1-2H3,(H,22,27). The molecule has 0 aliphatic heterocycles. The Kier molecular flexibility index (Phi) is 5.21. The first kappa shape index (κ1) is 18.4. The Balaban J connectivity index is 1.43. The van der Waals surface area contributed by atoms with E-state index in [1.54, 1.807) is 4.68 Å². The number of aromatic nitrogens is 4. The fourth-order valence-electron chi connectivity index (χ4n) is 3.05. The lowest BCUT2D eigenvalue weighted by Crippen LogP contribution is -2.30. The van der Waals surface area contributed by atoms with E-state index in [1.165, 1.54) is 0 Å². The SMILES string of the molecule is CCc1noc(CN(C)CC(=O)Nc2cc(C3CC3)nn2-c2ccccc2)n1. The summed E-state index contributed by atoms with van der Waals surface area (Å²) in [7, 11) is 1.85. The van der Waals surface area contributed by atoms with E-state index in [9.17, 15) is 4.79 Å². The normalized spacial score (nSPS) is 13.8. The number of likely N-dealkylation sites (N-methyl/N-ethyl adjacent to an activating group) is 1. The summed E-state index contributed by atoms with van der Waals surface area (Å²) in [5, 5.41) is 11.6. The zero-order chi connectivity index (χ0) is 19.5. The maximum Gasteiger partial charge on any atom is 0.240 e. The molecule has 1 aliphatic carbocycles. The first-order valence-electron chi connectivity index (χ1n) is 9.57. The van der Waals surface area contributed by atoms with Crippen LogP contribution >= 0.6 is 0 Å². The molecule has 0 bridgehead atoms. The number of nitrogens with one attached hydrogen (secondary N) is 1. The minimum atomic E-state index is -0.114. The molecule has 4 rings (SSSR count). The molecule has 0 spiro atoms. The van der Waals surface area contributed by atoms with Crippen LogP contribution in [0.4, 0.5) is 5.82 Å². The van der Waals surface area contributed by atoms with Crippen molar-refractivity contribution in [1.29, 1.82) is 0 Å². The summed E-state index contributed by atoms with van der Waals surface area (Å²) in [4.78, 5) is 18.7. The Morgan fingerprint density at radius 1 is 1.32 bits per heavy atom. The van der Waals surface area contributed by atoms with Crippen molar-refractivity contribution in [3.8, 4) is 5.69 Å². The number of anilines is 1. The molecule has 1 N–H and O–H groups in total. The van der Waals surface area contributed by atoms with Gasteiger partial charge in [0.15, 0.2) is 5.82 Å². The van der Waals surface area contributed by atoms with Crippen LogP contribution in [0.1, 0.15) is 43.1 Å². The van der Waals surface area contributed by atoms with Crippen molar-refractivity contribution < 1.29 is 9.32 Å². The highest BCUT2D eigenvalue weighted by molar-refractivity contribution is 5.91. The molecule has 1 amide bonds. The molecule has 8 heteroatoms. The summed E-state index contributed by atoms with van der Waals surface area (Å²) in [5.41, 5.74) is 1.96. The molecule has 1 fully saturated rings. The monoisotopic (exact) mass is 380 g/mol. The number of aryl methyl sites for hydroxylation is 1. The van der Waals surface area contributed by atoms with Gasteiger partial charge in [0.05, 0.1) is 24.5 Å². The molecule has 1 saturated carbocycles. The van der Waals surface area contributed by atoms with Gasteiger partial charge in [-0.1, -0.05) is 30.3 Å². The summed E-state index contributed by atoms with van der Waals surface area (Å²) in [6.45, 7) is 2.60. The Morgan fingerprint density at radius 2 is 2.11 bits per heavy atom. The largest absolute Gasteiger partial charge is 0.338 e. The second kappa shape index (κ2) is 7.93. The predicted octanol–water partition coefficient (Wildman–Crippen LogP) is 2.77. The van der Waals surface area contributed by atoms with Gasteiger partial charge in [-0.3, -0.25) is 9.69 Å². The fraction of sp³-hybridized carbons (Fsp3) is 0.400. The highest BCUT2D eigenvalue weighted by atomic mass is 16.5. The van der Waals surface area contributed by atoms with Crippen molar-refractivity contribution in [2.24, 2.45) is 0 Å². The van der Waals surface area contributed by atoms with E-state index in [0.717, 1.165) is 30.6 Å². The van der Waals surface area contributed by atoms with E-state index < -0.39 is 0 Å². The highest BCUT2D eigenvalue weighted by Gasteiger charge is 2.28. The van der Waals surface area contributed by atoms with Gasteiger partial charge in [-0.25, -0.2) is 4.68 Å². The van der Waals surface area contributed by atoms with E-state index in [0.29, 0.717) is 30.0 Å². The van der Waals surface area contributed by atoms with Crippen molar-refractivity contribution in [3.63, 3.8) is 0 Å². The van der Waals surface area contributed by atoms with E-state index in [1.807, 2.05) is 55.3 Å². The van der Waals surface area contributed by atoms with E-state index in [4.69, 9.17) is 9.62 Å². The molecule has 2 aromatic heterocycles. The molecule has 0 saturated heterocycles. The lowest BCUT2D eigenvalue weighted by atomic mass is 10.3. The maximum absolute atomic E-state index is 12.6. The summed E-state index contributed by atoms with van der Waals surface area (Å²) < 4.78 is 6.99. The highest BCUT2D eigenvalue weighted by Crippen LogP contribution is 2.40. The average molecular weight is 380 g/mol. The van der Waals surface area contributed by atoms with Gasteiger partial charge >= 0.3 is 0 Å². The Hall–Kier alpha value is -3.00. The Morgan fingerprint density at radius 3 is 2.79 bits per heavy atom. The average Bonchev–Trinajstić information content (AvgIpc) is 3.31. The van der Waals surface area contributed by atoms with E-state index in [-0.39, 0.29) is 12.5 Å². The number of carbonyl (C=O) groups excluding carboxylic acids is 1. The third-order valence-corrected chi connectivity index (χ3v) is 4.64. The van der Waals surface area contributed by atoms with Crippen molar-refractivity contribution in [2.75, 3.05) is 18.9 Å². The zero-order valence-corrected chi connectivity index (χ0v) is 16.1. The molecular weight excluding hydrogens is 356 g/mol. The lowest BCUT2D eigenvalue weighted by molar-refractivity contribution is -0.117. The molecule has 1 aromatic carbocycles. The molecule has 0 unspecified atom stereocenters. The van der Waals surface area contributed by atoms with Gasteiger partial charge in [0.1, 0.15) is 5.82 Å². The fourth-order valence-corrected chi connectivity index (χ4v) is 3.05. The van der Waals surface area contributed by atoms with E-state index in [2.05, 4.69) is 15.5 Å². The lowest BCUT2D eigenvalue weighted by Gasteiger charge is -2.14. The Labute approximate surface area is 163 Å². The molecule has 1 aliphatic rings. The van der Waals surface area contributed by atoms with Crippen LogP contribution in [0.3, 0.4) is 0 Å². The van der Waals surface area contributed by atoms with Crippen LogP contribution in [0.15, 0.2) is 40.9 Å². The molecule has 28 heavy (non-hydrogen) atoms. The number of benzene rings is 1. The topological polar surface area (TPSA) is 89.1 Å². The van der Waals surface area contributed by atoms with Crippen molar-refractivity contribution in [1.82, 2.24) is 24.8 Å². The summed E-state index contributed by atoms with van der Waals surface area (Å²) in [5.74, 6) is 2.27. The van der Waals surface area contributed by atoms with E-state index >= 15 is 0 Å². The van der Waals surface area contributed by atoms with Crippen LogP contribution in [-0.4, -0.2) is 44.3 Å². The molecule has 8 nitrogen and oxygen atoms in total. The zero-order valence-electron chi connectivity index (χ0n) is 16.1. The molecule has 3 aromatic rings. The quantitative estimate of drug-likeness (QED) is 0.646. The van der Waals surface area contributed by atoms with Gasteiger partial charge in [-0.2, -0.15) is 10.1 Å². The number of nitrogens with zero attached hydrogens (tertiary/aromatic N) is 5. The van der Waals surface area contributed by atoms with Gasteiger partial charge < -0.3 is 9.84 Å². The number of para-hydroxylation sites is 1. The number of hydrogen-bond acceptors (Lipinski definition) is 6. The van der Waals surface area contributed by atoms with Gasteiger partial charge in [0, 0.05) is 18.4 Å². The number of hydrogen-bond donors (Lipinski definition) is 1. The van der Waals surface area contributed by atoms with Gasteiger partial charge in [-0.05, 0) is 32.0 Å². The summed E-state index contributed by atoms with van der Waals surface area (Å²) in [6.07, 6.45) is 3.04. The third-order valence-electron chi connectivity index (χ3n) is 4.64. The second-order valence-electron chi connectivity index (χ2n) is 7.15. The molecule has 0 radical (unpaired) electrons. The molecule has 146 valence electrons. The maximum atomic E-state index is 12.6. The third kappa shape index (κ3) is 4.28. The first-order valence-corrected chi connectivity index (χ1v) is 9.57. The van der Waals surface area contributed by atoms with Crippen LogP contribution < -0.4 is 5.32 Å². The minimum Gasteiger partial charge on any atom is -0.338 e. The second-order valence-corrected chi connectivity index (χ2v) is 7.15.